The molecule has 0 N–H and O–H groups in total. The SMILES string of the molecule is CC1OC2CCCCC2OC1CCCl. The quantitative estimate of drug-likeness (QED) is 0.664. The van der Waals surface area contributed by atoms with Gasteiger partial charge in [-0.2, -0.15) is 0 Å². The lowest BCUT2D eigenvalue weighted by Crippen LogP contribution is -2.49. The molecule has 2 rings (SSSR count). The van der Waals surface area contributed by atoms with E-state index in [1.54, 1.807) is 0 Å². The van der Waals surface area contributed by atoms with Crippen LogP contribution in [-0.4, -0.2) is 30.3 Å². The van der Waals surface area contributed by atoms with Gasteiger partial charge in [-0.25, -0.2) is 0 Å². The second-order valence-corrected chi connectivity index (χ2v) is 4.73. The van der Waals surface area contributed by atoms with Crippen molar-refractivity contribution in [3.8, 4) is 0 Å². The van der Waals surface area contributed by atoms with Crippen LogP contribution < -0.4 is 0 Å². The molecular weight excluding hydrogens is 200 g/mol. The lowest BCUT2D eigenvalue weighted by Gasteiger charge is -2.43. The zero-order chi connectivity index (χ0) is 9.97. The smallest absolute Gasteiger partial charge is 0.0850 e. The highest BCUT2D eigenvalue weighted by Crippen LogP contribution is 2.32. The average Bonchev–Trinajstić information content (AvgIpc) is 2.19. The van der Waals surface area contributed by atoms with Crippen LogP contribution in [0.2, 0.25) is 0 Å². The predicted molar refractivity (Wildman–Crippen MR) is 56.8 cm³/mol. The molecule has 1 saturated heterocycles. The molecule has 0 spiro atoms. The molecule has 82 valence electrons. The molecule has 4 atom stereocenters. The first-order chi connectivity index (χ1) is 6.81. The summed E-state index contributed by atoms with van der Waals surface area (Å²) in [5, 5.41) is 0. The van der Waals surface area contributed by atoms with Gasteiger partial charge in [-0.3, -0.25) is 0 Å². The Bertz CT molecular complexity index is 184. The Morgan fingerprint density at radius 2 is 1.79 bits per heavy atom. The van der Waals surface area contributed by atoms with Crippen molar-refractivity contribution < 1.29 is 9.47 Å². The summed E-state index contributed by atoms with van der Waals surface area (Å²) in [6.45, 7) is 2.10. The lowest BCUT2D eigenvalue weighted by molar-refractivity contribution is -0.224. The minimum Gasteiger partial charge on any atom is -0.370 e. The van der Waals surface area contributed by atoms with Gasteiger partial charge in [-0.15, -0.1) is 11.6 Å². The first-order valence-electron chi connectivity index (χ1n) is 5.68. The van der Waals surface area contributed by atoms with Crippen LogP contribution in [0.5, 0.6) is 0 Å². The molecule has 0 aromatic heterocycles. The molecule has 2 aliphatic rings. The van der Waals surface area contributed by atoms with Crippen molar-refractivity contribution in [3.05, 3.63) is 0 Å². The highest BCUT2D eigenvalue weighted by atomic mass is 35.5. The molecule has 0 aromatic carbocycles. The Morgan fingerprint density at radius 1 is 1.14 bits per heavy atom. The molecule has 1 aliphatic carbocycles. The Kier molecular flexibility index (Phi) is 3.69. The molecular formula is C11H19ClO2. The third kappa shape index (κ3) is 2.23. The van der Waals surface area contributed by atoms with Gasteiger partial charge in [0.15, 0.2) is 0 Å². The molecule has 2 fully saturated rings. The van der Waals surface area contributed by atoms with E-state index in [4.69, 9.17) is 21.1 Å². The maximum absolute atomic E-state index is 6.03. The van der Waals surface area contributed by atoms with Crippen LogP contribution in [0.1, 0.15) is 39.0 Å². The molecule has 0 radical (unpaired) electrons. The van der Waals surface area contributed by atoms with Crippen LogP contribution >= 0.6 is 11.6 Å². The van der Waals surface area contributed by atoms with Gasteiger partial charge in [0.2, 0.25) is 0 Å². The number of hydrogen-bond donors (Lipinski definition) is 0. The van der Waals surface area contributed by atoms with Gasteiger partial charge in [0, 0.05) is 5.88 Å². The second kappa shape index (κ2) is 4.82. The first-order valence-corrected chi connectivity index (χ1v) is 6.21. The van der Waals surface area contributed by atoms with E-state index in [1.165, 1.54) is 19.3 Å². The summed E-state index contributed by atoms with van der Waals surface area (Å²) in [6, 6.07) is 0. The van der Waals surface area contributed by atoms with Gasteiger partial charge in [-0.1, -0.05) is 12.8 Å². The van der Waals surface area contributed by atoms with Crippen molar-refractivity contribution >= 4 is 11.6 Å². The lowest BCUT2D eigenvalue weighted by atomic mass is 9.92. The predicted octanol–water partition coefficient (Wildman–Crippen LogP) is 2.73. The highest BCUT2D eigenvalue weighted by Gasteiger charge is 2.37. The number of alkyl halides is 1. The van der Waals surface area contributed by atoms with E-state index in [-0.39, 0.29) is 12.2 Å². The Hall–Kier alpha value is 0.210. The van der Waals surface area contributed by atoms with Crippen LogP contribution in [-0.2, 0) is 9.47 Å². The number of hydrogen-bond acceptors (Lipinski definition) is 2. The van der Waals surface area contributed by atoms with E-state index in [0.29, 0.717) is 18.1 Å². The monoisotopic (exact) mass is 218 g/mol. The zero-order valence-corrected chi connectivity index (χ0v) is 9.50. The summed E-state index contributed by atoms with van der Waals surface area (Å²) in [7, 11) is 0. The summed E-state index contributed by atoms with van der Waals surface area (Å²) in [5.41, 5.74) is 0. The molecule has 0 bridgehead atoms. The molecule has 1 aliphatic heterocycles. The van der Waals surface area contributed by atoms with Gasteiger partial charge < -0.3 is 9.47 Å². The van der Waals surface area contributed by atoms with Gasteiger partial charge in [0.25, 0.3) is 0 Å². The van der Waals surface area contributed by atoms with Crippen molar-refractivity contribution in [1.29, 1.82) is 0 Å². The Balaban J connectivity index is 1.92. The van der Waals surface area contributed by atoms with Crippen molar-refractivity contribution in [2.45, 2.75) is 63.4 Å². The van der Waals surface area contributed by atoms with Gasteiger partial charge in [0.05, 0.1) is 24.4 Å². The topological polar surface area (TPSA) is 18.5 Å². The minimum atomic E-state index is 0.215. The maximum atomic E-state index is 6.03. The van der Waals surface area contributed by atoms with E-state index < -0.39 is 0 Å². The van der Waals surface area contributed by atoms with Crippen molar-refractivity contribution in [2.75, 3.05) is 5.88 Å². The average molecular weight is 219 g/mol. The largest absolute Gasteiger partial charge is 0.370 e. The van der Waals surface area contributed by atoms with Crippen molar-refractivity contribution in [1.82, 2.24) is 0 Å². The second-order valence-electron chi connectivity index (χ2n) is 4.35. The molecule has 2 nitrogen and oxygen atoms in total. The summed E-state index contributed by atoms with van der Waals surface area (Å²) in [5.74, 6) is 0.662. The number of rotatable bonds is 2. The molecule has 4 unspecified atom stereocenters. The van der Waals surface area contributed by atoms with E-state index in [2.05, 4.69) is 6.92 Å². The molecule has 1 saturated carbocycles. The maximum Gasteiger partial charge on any atom is 0.0850 e. The van der Waals surface area contributed by atoms with E-state index in [1.807, 2.05) is 0 Å². The van der Waals surface area contributed by atoms with Crippen LogP contribution in [0.3, 0.4) is 0 Å². The first kappa shape index (κ1) is 10.7. The fourth-order valence-electron chi connectivity index (χ4n) is 2.48. The standard InChI is InChI=1S/C11H19ClO2/c1-8-9(6-7-12)14-11-5-3-2-4-10(11)13-8/h8-11H,2-7H2,1H3. The third-order valence-corrected chi connectivity index (χ3v) is 3.52. The summed E-state index contributed by atoms with van der Waals surface area (Å²) >= 11 is 5.74. The van der Waals surface area contributed by atoms with E-state index >= 15 is 0 Å². The minimum absolute atomic E-state index is 0.215. The van der Waals surface area contributed by atoms with E-state index in [0.717, 1.165) is 12.8 Å². The number of fused-ring (bicyclic) bond motifs is 1. The van der Waals surface area contributed by atoms with Crippen molar-refractivity contribution in [3.63, 3.8) is 0 Å². The fourth-order valence-corrected chi connectivity index (χ4v) is 2.70. The Morgan fingerprint density at radius 3 is 2.43 bits per heavy atom. The number of ether oxygens (including phenoxy) is 2. The normalized spacial score (nSPS) is 43.3. The molecule has 1 heterocycles. The molecule has 14 heavy (non-hydrogen) atoms. The Labute approximate surface area is 90.9 Å². The summed E-state index contributed by atoms with van der Waals surface area (Å²) in [4.78, 5) is 0. The van der Waals surface area contributed by atoms with Gasteiger partial charge in [-0.05, 0) is 26.2 Å². The van der Waals surface area contributed by atoms with E-state index in [9.17, 15) is 0 Å². The van der Waals surface area contributed by atoms with Crippen LogP contribution in [0.25, 0.3) is 0 Å². The van der Waals surface area contributed by atoms with Gasteiger partial charge in [0.1, 0.15) is 0 Å². The summed E-state index contributed by atoms with van der Waals surface area (Å²) < 4.78 is 12.0. The van der Waals surface area contributed by atoms with Crippen molar-refractivity contribution in [2.24, 2.45) is 0 Å². The zero-order valence-electron chi connectivity index (χ0n) is 8.75. The van der Waals surface area contributed by atoms with Crippen LogP contribution in [0, 0.1) is 0 Å². The molecule has 0 amide bonds. The molecule has 0 aromatic rings. The van der Waals surface area contributed by atoms with Crippen LogP contribution in [0.4, 0.5) is 0 Å². The van der Waals surface area contributed by atoms with Crippen LogP contribution in [0.15, 0.2) is 0 Å². The molecule has 3 heteroatoms. The van der Waals surface area contributed by atoms with Gasteiger partial charge >= 0.3 is 0 Å². The fraction of sp³-hybridized carbons (Fsp3) is 1.00. The summed E-state index contributed by atoms with van der Waals surface area (Å²) in [6.07, 6.45) is 6.94. The number of halogens is 1. The highest BCUT2D eigenvalue weighted by molar-refractivity contribution is 6.17. The third-order valence-electron chi connectivity index (χ3n) is 3.30.